The van der Waals surface area contributed by atoms with Crippen molar-refractivity contribution < 1.29 is 0 Å². The molecule has 0 saturated heterocycles. The zero-order valence-corrected chi connectivity index (χ0v) is 10.6. The molecule has 2 N–H and O–H groups in total. The van der Waals surface area contributed by atoms with E-state index in [1.807, 2.05) is 10.9 Å². The molecular weight excluding hydrogens is 202 g/mol. The van der Waals surface area contributed by atoms with Crippen LogP contribution in [0.3, 0.4) is 0 Å². The van der Waals surface area contributed by atoms with Crippen LogP contribution in [0.5, 0.6) is 0 Å². The van der Waals surface area contributed by atoms with Crippen molar-refractivity contribution >= 4 is 5.69 Å². The standard InChI is InChI=1S/C11H23N5/c1-14(2)5-4-6-15(3)7-8-16-10-11(12)9-13-16/h9-10H,4-8,12H2,1-3H3. The Morgan fingerprint density at radius 2 is 2.00 bits per heavy atom. The van der Waals surface area contributed by atoms with Crippen molar-refractivity contribution in [1.82, 2.24) is 19.6 Å². The molecule has 0 aliphatic heterocycles. The number of likely N-dealkylation sites (N-methyl/N-ethyl adjacent to an activating group) is 1. The summed E-state index contributed by atoms with van der Waals surface area (Å²) in [5.74, 6) is 0. The number of nitrogens with two attached hydrogens (primary N) is 1. The van der Waals surface area contributed by atoms with Gasteiger partial charge in [0.15, 0.2) is 0 Å². The summed E-state index contributed by atoms with van der Waals surface area (Å²) in [5, 5.41) is 4.15. The Morgan fingerprint density at radius 3 is 2.56 bits per heavy atom. The number of aromatic nitrogens is 2. The minimum absolute atomic E-state index is 0.732. The number of rotatable bonds is 7. The summed E-state index contributed by atoms with van der Waals surface area (Å²) in [5.41, 5.74) is 6.33. The molecule has 5 nitrogen and oxygen atoms in total. The maximum atomic E-state index is 5.60. The summed E-state index contributed by atoms with van der Waals surface area (Å²) in [6.07, 6.45) is 4.75. The van der Waals surface area contributed by atoms with Crippen molar-refractivity contribution in [2.24, 2.45) is 0 Å². The molecule has 0 aliphatic carbocycles. The van der Waals surface area contributed by atoms with Crippen LogP contribution < -0.4 is 5.73 Å². The van der Waals surface area contributed by atoms with Crippen LogP contribution in [0, 0.1) is 0 Å². The van der Waals surface area contributed by atoms with Gasteiger partial charge in [-0.05, 0) is 40.7 Å². The van der Waals surface area contributed by atoms with Gasteiger partial charge in [0.1, 0.15) is 0 Å². The van der Waals surface area contributed by atoms with Gasteiger partial charge < -0.3 is 15.5 Å². The van der Waals surface area contributed by atoms with E-state index in [9.17, 15) is 0 Å². The molecule has 1 heterocycles. The third-order valence-electron chi connectivity index (χ3n) is 2.51. The normalized spacial score (nSPS) is 11.6. The van der Waals surface area contributed by atoms with E-state index < -0.39 is 0 Å². The quantitative estimate of drug-likeness (QED) is 0.727. The molecule has 0 saturated carbocycles. The summed E-state index contributed by atoms with van der Waals surface area (Å²) in [7, 11) is 6.35. The molecule has 0 aromatic carbocycles. The Hall–Kier alpha value is -1.07. The van der Waals surface area contributed by atoms with E-state index >= 15 is 0 Å². The highest BCUT2D eigenvalue weighted by Gasteiger charge is 2.00. The van der Waals surface area contributed by atoms with Crippen LogP contribution in [0.4, 0.5) is 5.69 Å². The summed E-state index contributed by atoms with van der Waals surface area (Å²) >= 11 is 0. The zero-order valence-electron chi connectivity index (χ0n) is 10.6. The molecule has 0 spiro atoms. The predicted octanol–water partition coefficient (Wildman–Crippen LogP) is 0.349. The third-order valence-corrected chi connectivity index (χ3v) is 2.51. The molecule has 0 fully saturated rings. The Bertz CT molecular complexity index is 294. The van der Waals surface area contributed by atoms with E-state index in [0.717, 1.165) is 31.9 Å². The fourth-order valence-corrected chi connectivity index (χ4v) is 1.54. The minimum atomic E-state index is 0.732. The van der Waals surface area contributed by atoms with Crippen molar-refractivity contribution in [3.05, 3.63) is 12.4 Å². The van der Waals surface area contributed by atoms with Gasteiger partial charge in [-0.15, -0.1) is 0 Å². The molecule has 0 aliphatic rings. The predicted molar refractivity (Wildman–Crippen MR) is 67.3 cm³/mol. The topological polar surface area (TPSA) is 50.3 Å². The average Bonchev–Trinajstić information content (AvgIpc) is 2.61. The maximum absolute atomic E-state index is 5.60. The van der Waals surface area contributed by atoms with Crippen LogP contribution in [0.15, 0.2) is 12.4 Å². The van der Waals surface area contributed by atoms with E-state index in [2.05, 4.69) is 36.0 Å². The first kappa shape index (κ1) is 13.0. The Balaban J connectivity index is 2.12. The Labute approximate surface area is 97.8 Å². The summed E-state index contributed by atoms with van der Waals surface area (Å²) < 4.78 is 1.89. The first-order chi connectivity index (χ1) is 7.58. The average molecular weight is 225 g/mol. The van der Waals surface area contributed by atoms with Crippen molar-refractivity contribution in [1.29, 1.82) is 0 Å². The van der Waals surface area contributed by atoms with Gasteiger partial charge in [0.25, 0.3) is 0 Å². The van der Waals surface area contributed by atoms with Crippen molar-refractivity contribution in [2.45, 2.75) is 13.0 Å². The molecule has 0 unspecified atom stereocenters. The van der Waals surface area contributed by atoms with Crippen molar-refractivity contribution in [3.63, 3.8) is 0 Å². The summed E-state index contributed by atoms with van der Waals surface area (Å²) in [6, 6.07) is 0. The van der Waals surface area contributed by atoms with Gasteiger partial charge in [0.05, 0.1) is 18.4 Å². The zero-order chi connectivity index (χ0) is 12.0. The van der Waals surface area contributed by atoms with E-state index in [1.165, 1.54) is 6.42 Å². The molecule has 5 heteroatoms. The lowest BCUT2D eigenvalue weighted by atomic mass is 10.3. The number of nitrogen functional groups attached to an aromatic ring is 1. The van der Waals surface area contributed by atoms with Gasteiger partial charge in [0.2, 0.25) is 0 Å². The van der Waals surface area contributed by atoms with Crippen molar-refractivity contribution in [2.75, 3.05) is 46.5 Å². The van der Waals surface area contributed by atoms with E-state index in [4.69, 9.17) is 5.73 Å². The highest BCUT2D eigenvalue weighted by Crippen LogP contribution is 1.98. The molecule has 0 radical (unpaired) electrons. The fourth-order valence-electron chi connectivity index (χ4n) is 1.54. The third kappa shape index (κ3) is 5.14. The van der Waals surface area contributed by atoms with Crippen LogP contribution in [-0.2, 0) is 6.54 Å². The van der Waals surface area contributed by atoms with E-state index in [0.29, 0.717) is 0 Å². The second-order valence-electron chi connectivity index (χ2n) is 4.50. The fraction of sp³-hybridized carbons (Fsp3) is 0.727. The van der Waals surface area contributed by atoms with Gasteiger partial charge in [0, 0.05) is 12.7 Å². The monoisotopic (exact) mass is 225 g/mol. The van der Waals surface area contributed by atoms with Gasteiger partial charge in [-0.25, -0.2) is 0 Å². The highest BCUT2D eigenvalue weighted by molar-refractivity contribution is 5.30. The smallest absolute Gasteiger partial charge is 0.0719 e. The molecule has 0 bridgehead atoms. The molecular formula is C11H23N5. The number of hydrogen-bond acceptors (Lipinski definition) is 4. The number of nitrogens with zero attached hydrogens (tertiary/aromatic N) is 4. The molecule has 1 aromatic rings. The molecule has 16 heavy (non-hydrogen) atoms. The van der Waals surface area contributed by atoms with Crippen LogP contribution in [0.2, 0.25) is 0 Å². The SMILES string of the molecule is CN(C)CCCN(C)CCn1cc(N)cn1. The second-order valence-corrected chi connectivity index (χ2v) is 4.50. The summed E-state index contributed by atoms with van der Waals surface area (Å²) in [6.45, 7) is 4.16. The summed E-state index contributed by atoms with van der Waals surface area (Å²) in [4.78, 5) is 4.53. The lowest BCUT2D eigenvalue weighted by Gasteiger charge is -2.17. The number of anilines is 1. The highest BCUT2D eigenvalue weighted by atomic mass is 15.3. The van der Waals surface area contributed by atoms with Crippen LogP contribution in [0.1, 0.15) is 6.42 Å². The maximum Gasteiger partial charge on any atom is 0.0719 e. The first-order valence-electron chi connectivity index (χ1n) is 5.69. The number of hydrogen-bond donors (Lipinski definition) is 1. The molecule has 92 valence electrons. The Kier molecular flexibility index (Phi) is 5.28. The largest absolute Gasteiger partial charge is 0.396 e. The van der Waals surface area contributed by atoms with Gasteiger partial charge >= 0.3 is 0 Å². The van der Waals surface area contributed by atoms with Gasteiger partial charge in [-0.3, -0.25) is 4.68 Å². The van der Waals surface area contributed by atoms with Gasteiger partial charge in [-0.2, -0.15) is 5.10 Å². The lowest BCUT2D eigenvalue weighted by Crippen LogP contribution is -2.27. The molecule has 0 amide bonds. The van der Waals surface area contributed by atoms with E-state index in [1.54, 1.807) is 6.20 Å². The van der Waals surface area contributed by atoms with Crippen LogP contribution in [0.25, 0.3) is 0 Å². The van der Waals surface area contributed by atoms with Crippen molar-refractivity contribution in [3.8, 4) is 0 Å². The second kappa shape index (κ2) is 6.50. The minimum Gasteiger partial charge on any atom is -0.396 e. The van der Waals surface area contributed by atoms with Gasteiger partial charge in [-0.1, -0.05) is 0 Å². The first-order valence-corrected chi connectivity index (χ1v) is 5.69. The molecule has 0 atom stereocenters. The Morgan fingerprint density at radius 1 is 1.25 bits per heavy atom. The molecule has 1 rings (SSSR count). The van der Waals surface area contributed by atoms with Crippen LogP contribution in [-0.4, -0.2) is 60.4 Å². The lowest BCUT2D eigenvalue weighted by molar-refractivity contribution is 0.286. The van der Waals surface area contributed by atoms with Crippen LogP contribution >= 0.6 is 0 Å². The van der Waals surface area contributed by atoms with E-state index in [-0.39, 0.29) is 0 Å². The molecule has 1 aromatic heterocycles.